The molecule has 38 heavy (non-hydrogen) atoms. The van der Waals surface area contributed by atoms with Gasteiger partial charge in [-0.2, -0.15) is 0 Å². The second-order valence-corrected chi connectivity index (χ2v) is 10.1. The zero-order valence-electron chi connectivity index (χ0n) is 23.3. The van der Waals surface area contributed by atoms with Crippen molar-refractivity contribution >= 4 is 11.8 Å². The fourth-order valence-electron chi connectivity index (χ4n) is 4.92. The number of ether oxygens (including phenoxy) is 1. The summed E-state index contributed by atoms with van der Waals surface area (Å²) in [5, 5.41) is 3.02. The van der Waals surface area contributed by atoms with Crippen molar-refractivity contribution in [2.24, 2.45) is 5.92 Å². The average Bonchev–Trinajstić information content (AvgIpc) is 2.90. The average molecular weight is 523 g/mol. The Morgan fingerprint density at radius 1 is 1.21 bits per heavy atom. The molecule has 1 aliphatic rings. The number of nitrogens with one attached hydrogen (secondary N) is 1. The number of piperazine rings is 1. The molecule has 2 aromatic rings. The van der Waals surface area contributed by atoms with Crippen molar-refractivity contribution in [2.45, 2.75) is 65.7 Å². The fourth-order valence-corrected chi connectivity index (χ4v) is 4.92. The summed E-state index contributed by atoms with van der Waals surface area (Å²) >= 11 is 0. The van der Waals surface area contributed by atoms with Gasteiger partial charge in [0.2, 0.25) is 11.8 Å². The van der Waals surface area contributed by atoms with Gasteiger partial charge in [0.15, 0.2) is 0 Å². The third kappa shape index (κ3) is 6.97. The van der Waals surface area contributed by atoms with E-state index >= 15 is 4.39 Å². The Hall–Kier alpha value is -3.28. The summed E-state index contributed by atoms with van der Waals surface area (Å²) in [6, 6.07) is 7.97. The number of carbonyl (C=O) groups excluding carboxylic acids is 2. The molecule has 8 heteroatoms. The number of benzene rings is 1. The maximum absolute atomic E-state index is 15.2. The molecular formula is C30H39FN4O3. The number of aryl methyl sites for hydroxylation is 1. The van der Waals surface area contributed by atoms with Crippen LogP contribution in [0.25, 0.3) is 0 Å². The van der Waals surface area contributed by atoms with Crippen LogP contribution in [0.5, 0.6) is 0 Å². The predicted octanol–water partition coefficient (Wildman–Crippen LogP) is 3.85. The zero-order valence-corrected chi connectivity index (χ0v) is 23.3. The van der Waals surface area contributed by atoms with Gasteiger partial charge in [-0.25, -0.2) is 4.39 Å². The van der Waals surface area contributed by atoms with Gasteiger partial charge in [-0.3, -0.25) is 19.5 Å². The van der Waals surface area contributed by atoms with E-state index in [0.29, 0.717) is 37.4 Å². The van der Waals surface area contributed by atoms with Crippen molar-refractivity contribution < 1.29 is 18.7 Å². The minimum atomic E-state index is -0.725. The lowest BCUT2D eigenvalue weighted by Gasteiger charge is -2.47. The van der Waals surface area contributed by atoms with Crippen LogP contribution in [-0.4, -0.2) is 65.5 Å². The van der Waals surface area contributed by atoms with E-state index in [1.165, 1.54) is 0 Å². The molecule has 7 nitrogen and oxygen atoms in total. The first-order chi connectivity index (χ1) is 18.2. The van der Waals surface area contributed by atoms with Crippen LogP contribution in [-0.2, 0) is 20.9 Å². The van der Waals surface area contributed by atoms with Crippen LogP contribution >= 0.6 is 0 Å². The minimum absolute atomic E-state index is 0.0758. The smallest absolute Gasteiger partial charge is 0.244 e. The molecular weight excluding hydrogens is 483 g/mol. The Bertz CT molecular complexity index is 1170. The van der Waals surface area contributed by atoms with Crippen LogP contribution in [0.2, 0.25) is 0 Å². The Kier molecular flexibility index (Phi) is 10.4. The molecule has 3 rings (SSSR count). The number of aromatic nitrogens is 1. The Labute approximate surface area is 225 Å². The molecule has 1 N–H and O–H groups in total. The summed E-state index contributed by atoms with van der Waals surface area (Å²) in [5.74, 6) is 4.96. The highest BCUT2D eigenvalue weighted by Gasteiger charge is 2.42. The first-order valence-electron chi connectivity index (χ1n) is 13.1. The minimum Gasteiger partial charge on any atom is -0.385 e. The second kappa shape index (κ2) is 13.5. The van der Waals surface area contributed by atoms with Gasteiger partial charge in [-0.15, -0.1) is 5.92 Å². The van der Waals surface area contributed by atoms with Crippen LogP contribution in [0.4, 0.5) is 4.39 Å². The lowest BCUT2D eigenvalue weighted by atomic mass is 9.97. The van der Waals surface area contributed by atoms with Gasteiger partial charge in [0, 0.05) is 57.1 Å². The number of hydrogen-bond donors (Lipinski definition) is 1. The van der Waals surface area contributed by atoms with Crippen LogP contribution < -0.4 is 5.32 Å². The van der Waals surface area contributed by atoms with Gasteiger partial charge >= 0.3 is 0 Å². The van der Waals surface area contributed by atoms with Crippen LogP contribution in [0.15, 0.2) is 36.5 Å². The third-order valence-electron chi connectivity index (χ3n) is 6.92. The molecule has 1 saturated heterocycles. The predicted molar refractivity (Wildman–Crippen MR) is 146 cm³/mol. The largest absolute Gasteiger partial charge is 0.385 e. The van der Waals surface area contributed by atoms with Crippen molar-refractivity contribution in [3.8, 4) is 11.8 Å². The number of halogens is 1. The molecule has 3 atom stereocenters. The number of pyridine rings is 1. The van der Waals surface area contributed by atoms with Gasteiger partial charge in [0.25, 0.3) is 0 Å². The molecule has 0 saturated carbocycles. The van der Waals surface area contributed by atoms with Crippen molar-refractivity contribution in [1.29, 1.82) is 0 Å². The molecule has 1 aromatic heterocycles. The van der Waals surface area contributed by atoms with E-state index in [2.05, 4.69) is 27.0 Å². The molecule has 1 aliphatic heterocycles. The maximum Gasteiger partial charge on any atom is 0.244 e. The first kappa shape index (κ1) is 29.3. The van der Waals surface area contributed by atoms with Crippen molar-refractivity contribution in [3.63, 3.8) is 0 Å². The summed E-state index contributed by atoms with van der Waals surface area (Å²) in [7, 11) is 1.61. The SMILES string of the molecule is CC#Cc1ccc(CNC(=O)[C@H]2CN([C@H](CCOC)c3nccc(C)c3F)C[C@@H](C)N2C(=O)C(C)C)cc1. The van der Waals surface area contributed by atoms with Crippen LogP contribution in [0, 0.1) is 30.5 Å². The number of amides is 2. The van der Waals surface area contributed by atoms with E-state index in [-0.39, 0.29) is 36.1 Å². The molecule has 0 radical (unpaired) electrons. The topological polar surface area (TPSA) is 74.8 Å². The number of methoxy groups -OCH3 is 1. The quantitative estimate of drug-likeness (QED) is 0.507. The molecule has 2 amide bonds. The monoisotopic (exact) mass is 522 g/mol. The number of rotatable bonds is 9. The Morgan fingerprint density at radius 2 is 1.92 bits per heavy atom. The summed E-state index contributed by atoms with van der Waals surface area (Å²) in [4.78, 5) is 35.0. The van der Waals surface area contributed by atoms with Gasteiger partial charge in [0.1, 0.15) is 11.9 Å². The van der Waals surface area contributed by atoms with E-state index in [1.807, 2.05) is 45.0 Å². The molecule has 0 aliphatic carbocycles. The number of carbonyl (C=O) groups is 2. The molecule has 204 valence electrons. The number of nitrogens with zero attached hydrogens (tertiary/aromatic N) is 3. The van der Waals surface area contributed by atoms with Gasteiger partial charge in [-0.05, 0) is 56.5 Å². The highest BCUT2D eigenvalue weighted by Crippen LogP contribution is 2.31. The van der Waals surface area contributed by atoms with E-state index in [4.69, 9.17) is 4.74 Å². The number of hydrogen-bond acceptors (Lipinski definition) is 5. The molecule has 0 spiro atoms. The van der Waals surface area contributed by atoms with E-state index < -0.39 is 12.1 Å². The second-order valence-electron chi connectivity index (χ2n) is 10.1. The molecule has 2 heterocycles. The Morgan fingerprint density at radius 3 is 2.55 bits per heavy atom. The summed E-state index contributed by atoms with van der Waals surface area (Å²) in [5.41, 5.74) is 2.70. The molecule has 1 aromatic carbocycles. The summed E-state index contributed by atoms with van der Waals surface area (Å²) < 4.78 is 20.5. The van der Waals surface area contributed by atoms with E-state index in [9.17, 15) is 9.59 Å². The Balaban J connectivity index is 1.88. The van der Waals surface area contributed by atoms with Crippen molar-refractivity contribution in [1.82, 2.24) is 20.1 Å². The molecule has 0 bridgehead atoms. The van der Waals surface area contributed by atoms with Crippen LogP contribution in [0.1, 0.15) is 62.5 Å². The molecule has 1 fully saturated rings. The highest BCUT2D eigenvalue weighted by molar-refractivity contribution is 5.89. The summed E-state index contributed by atoms with van der Waals surface area (Å²) in [6.45, 7) is 10.6. The van der Waals surface area contributed by atoms with E-state index in [1.54, 1.807) is 38.1 Å². The third-order valence-corrected chi connectivity index (χ3v) is 6.92. The fraction of sp³-hybridized carbons (Fsp3) is 0.500. The maximum atomic E-state index is 15.2. The van der Waals surface area contributed by atoms with Crippen molar-refractivity contribution in [2.75, 3.05) is 26.8 Å². The summed E-state index contributed by atoms with van der Waals surface area (Å²) in [6.07, 6.45) is 2.12. The zero-order chi connectivity index (χ0) is 27.8. The molecule has 0 unspecified atom stereocenters. The standard InChI is InChI=1S/C30H39FN4O3/c1-7-8-23-9-11-24(12-10-23)17-33-29(36)26-19-34(18-22(5)35(26)30(37)20(2)3)25(14-16-38-6)28-27(31)21(4)13-15-32-28/h9-13,15,20,22,25-26H,14,16-19H2,1-6H3,(H,33,36)/t22-,25-,26-/m1/s1. The normalized spacial score (nSPS) is 18.6. The van der Waals surface area contributed by atoms with Gasteiger partial charge in [-0.1, -0.05) is 31.9 Å². The first-order valence-corrected chi connectivity index (χ1v) is 13.1. The van der Waals surface area contributed by atoms with Gasteiger partial charge < -0.3 is 15.0 Å². The van der Waals surface area contributed by atoms with Crippen molar-refractivity contribution in [3.05, 3.63) is 64.7 Å². The van der Waals surface area contributed by atoms with Crippen LogP contribution in [0.3, 0.4) is 0 Å². The lowest BCUT2D eigenvalue weighted by molar-refractivity contribution is -0.151. The van der Waals surface area contributed by atoms with E-state index in [0.717, 1.165) is 11.1 Å². The lowest BCUT2D eigenvalue weighted by Crippen LogP contribution is -2.65. The van der Waals surface area contributed by atoms with Gasteiger partial charge in [0.05, 0.1) is 11.7 Å². The highest BCUT2D eigenvalue weighted by atomic mass is 19.1.